The zero-order chi connectivity index (χ0) is 18.0. The third-order valence-electron chi connectivity index (χ3n) is 4.79. The molecule has 0 spiro atoms. The predicted octanol–water partition coefficient (Wildman–Crippen LogP) is 5.55. The molecule has 25 heavy (non-hydrogen) atoms. The molecule has 0 atom stereocenters. The van der Waals surface area contributed by atoms with E-state index in [1.165, 1.54) is 28.6 Å². The van der Waals surface area contributed by atoms with Gasteiger partial charge in [0, 0.05) is 16.6 Å². The van der Waals surface area contributed by atoms with Crippen LogP contribution in [0.25, 0.3) is 22.2 Å². The molecule has 2 nitrogen and oxygen atoms in total. The molecule has 0 unspecified atom stereocenters. The van der Waals surface area contributed by atoms with Gasteiger partial charge in [0.05, 0.1) is 0 Å². The van der Waals surface area contributed by atoms with Gasteiger partial charge in [-0.25, -0.2) is 4.39 Å². The molecule has 0 aliphatic rings. The van der Waals surface area contributed by atoms with Crippen molar-refractivity contribution in [2.75, 3.05) is 6.54 Å². The minimum absolute atomic E-state index is 0.107. The predicted molar refractivity (Wildman–Crippen MR) is 104 cm³/mol. The first-order valence-corrected chi connectivity index (χ1v) is 9.01. The summed E-state index contributed by atoms with van der Waals surface area (Å²) in [5.74, 6) is -0.209. The molecule has 3 rings (SSSR count). The van der Waals surface area contributed by atoms with E-state index < -0.39 is 0 Å². The number of unbranched alkanes of at least 4 members (excludes halogenated alkanes) is 1. The molecule has 0 aliphatic carbocycles. The topological polar surface area (TPSA) is 41.8 Å². The molecule has 3 heteroatoms. The van der Waals surface area contributed by atoms with E-state index in [9.17, 15) is 4.39 Å². The van der Waals surface area contributed by atoms with Crippen molar-refractivity contribution >= 4 is 10.9 Å². The van der Waals surface area contributed by atoms with Crippen LogP contribution in [-0.2, 0) is 11.8 Å². The lowest BCUT2D eigenvalue weighted by atomic mass is 9.86. The van der Waals surface area contributed by atoms with Crippen molar-refractivity contribution in [2.45, 2.75) is 45.4 Å². The number of aromatic nitrogens is 1. The van der Waals surface area contributed by atoms with Gasteiger partial charge >= 0.3 is 0 Å². The molecule has 3 N–H and O–H groups in total. The molecule has 1 aromatic heterocycles. The maximum absolute atomic E-state index is 13.3. The summed E-state index contributed by atoms with van der Waals surface area (Å²) in [5.41, 5.74) is 11.7. The lowest BCUT2D eigenvalue weighted by molar-refractivity contribution is 0.591. The Morgan fingerprint density at radius 1 is 1.00 bits per heavy atom. The number of H-pyrrole nitrogens is 1. The molecule has 0 amide bonds. The summed E-state index contributed by atoms with van der Waals surface area (Å²) in [7, 11) is 0. The Morgan fingerprint density at radius 3 is 2.36 bits per heavy atom. The van der Waals surface area contributed by atoms with Crippen molar-refractivity contribution in [1.82, 2.24) is 4.98 Å². The normalized spacial score (nSPS) is 12.0. The number of nitrogens with two attached hydrogens (primary N) is 1. The summed E-state index contributed by atoms with van der Waals surface area (Å²) in [6.45, 7) is 7.41. The first-order chi connectivity index (χ1) is 11.9. The van der Waals surface area contributed by atoms with E-state index in [4.69, 9.17) is 5.73 Å². The van der Waals surface area contributed by atoms with Gasteiger partial charge in [-0.1, -0.05) is 26.8 Å². The highest BCUT2D eigenvalue weighted by atomic mass is 19.1. The Hall–Kier alpha value is -2.13. The van der Waals surface area contributed by atoms with Gasteiger partial charge in [-0.3, -0.25) is 0 Å². The van der Waals surface area contributed by atoms with Crippen molar-refractivity contribution in [3.8, 4) is 11.3 Å². The summed E-state index contributed by atoms with van der Waals surface area (Å²) >= 11 is 0. The Labute approximate surface area is 149 Å². The van der Waals surface area contributed by atoms with Gasteiger partial charge in [0.1, 0.15) is 5.82 Å². The van der Waals surface area contributed by atoms with E-state index in [0.717, 1.165) is 36.0 Å². The zero-order valence-corrected chi connectivity index (χ0v) is 15.3. The summed E-state index contributed by atoms with van der Waals surface area (Å²) in [4.78, 5) is 3.55. The van der Waals surface area contributed by atoms with Gasteiger partial charge < -0.3 is 10.7 Å². The second-order valence-corrected chi connectivity index (χ2v) is 7.74. The Morgan fingerprint density at radius 2 is 1.72 bits per heavy atom. The third-order valence-corrected chi connectivity index (χ3v) is 4.79. The van der Waals surface area contributed by atoms with E-state index in [1.54, 1.807) is 0 Å². The highest BCUT2D eigenvalue weighted by Crippen LogP contribution is 2.34. The lowest BCUT2D eigenvalue weighted by Crippen LogP contribution is -2.10. The van der Waals surface area contributed by atoms with E-state index >= 15 is 0 Å². The average Bonchev–Trinajstić information content (AvgIpc) is 2.93. The molecule has 1 heterocycles. The lowest BCUT2D eigenvalue weighted by Gasteiger charge is -2.19. The number of hydrogen-bond acceptors (Lipinski definition) is 1. The van der Waals surface area contributed by atoms with Crippen LogP contribution < -0.4 is 5.73 Å². The van der Waals surface area contributed by atoms with E-state index in [1.807, 2.05) is 12.1 Å². The summed E-state index contributed by atoms with van der Waals surface area (Å²) in [6.07, 6.45) is 3.03. The molecular formula is C22H27FN2. The maximum Gasteiger partial charge on any atom is 0.123 e. The first kappa shape index (κ1) is 17.7. The molecule has 0 radical (unpaired) electrons. The molecule has 2 aromatic carbocycles. The maximum atomic E-state index is 13.3. The second kappa shape index (κ2) is 7.01. The molecule has 0 saturated heterocycles. The van der Waals surface area contributed by atoms with Gasteiger partial charge in [-0.2, -0.15) is 0 Å². The van der Waals surface area contributed by atoms with Crippen LogP contribution in [0.2, 0.25) is 0 Å². The van der Waals surface area contributed by atoms with Crippen LogP contribution in [0.15, 0.2) is 42.5 Å². The monoisotopic (exact) mass is 338 g/mol. The highest BCUT2D eigenvalue weighted by Gasteiger charge is 2.18. The number of fused-ring (bicyclic) bond motifs is 1. The summed E-state index contributed by atoms with van der Waals surface area (Å²) < 4.78 is 13.3. The van der Waals surface area contributed by atoms with Crippen molar-refractivity contribution in [3.63, 3.8) is 0 Å². The highest BCUT2D eigenvalue weighted by molar-refractivity contribution is 5.91. The van der Waals surface area contributed by atoms with Crippen LogP contribution in [0.3, 0.4) is 0 Å². The fraction of sp³-hybridized carbons (Fsp3) is 0.364. The van der Waals surface area contributed by atoms with E-state index in [-0.39, 0.29) is 11.2 Å². The molecule has 3 aromatic rings. The van der Waals surface area contributed by atoms with Crippen LogP contribution in [0, 0.1) is 5.82 Å². The smallest absolute Gasteiger partial charge is 0.123 e. The SMILES string of the molecule is CC(C)(C)c1ccc2[nH]c(-c3ccc(F)cc3)c(CCCCN)c2c1. The molecule has 0 aliphatic heterocycles. The molecule has 0 bridgehead atoms. The van der Waals surface area contributed by atoms with Crippen molar-refractivity contribution in [2.24, 2.45) is 5.73 Å². The largest absolute Gasteiger partial charge is 0.354 e. The van der Waals surface area contributed by atoms with E-state index in [0.29, 0.717) is 6.54 Å². The number of aromatic amines is 1. The van der Waals surface area contributed by atoms with Crippen molar-refractivity contribution < 1.29 is 4.39 Å². The number of rotatable bonds is 5. The Bertz CT molecular complexity index is 854. The standard InChI is InChI=1S/C22H27FN2/c1-22(2,3)16-9-12-20-19(14-16)18(6-4-5-13-24)21(25-20)15-7-10-17(23)11-8-15/h7-12,14,25H,4-6,13,24H2,1-3H3. The van der Waals surface area contributed by atoms with Crippen molar-refractivity contribution in [1.29, 1.82) is 0 Å². The minimum atomic E-state index is -0.209. The fourth-order valence-electron chi connectivity index (χ4n) is 3.28. The van der Waals surface area contributed by atoms with Crippen LogP contribution in [-0.4, -0.2) is 11.5 Å². The number of benzene rings is 2. The van der Waals surface area contributed by atoms with Gasteiger partial charge in [0.25, 0.3) is 0 Å². The van der Waals surface area contributed by atoms with Gasteiger partial charge in [-0.15, -0.1) is 0 Å². The summed E-state index contributed by atoms with van der Waals surface area (Å²) in [6, 6.07) is 13.4. The van der Waals surface area contributed by atoms with E-state index in [2.05, 4.69) is 44.0 Å². The number of halogens is 1. The number of aryl methyl sites for hydroxylation is 1. The van der Waals surface area contributed by atoms with Crippen LogP contribution in [0.4, 0.5) is 4.39 Å². The average molecular weight is 338 g/mol. The first-order valence-electron chi connectivity index (χ1n) is 9.01. The third kappa shape index (κ3) is 3.77. The Kier molecular flexibility index (Phi) is 4.96. The van der Waals surface area contributed by atoms with Crippen LogP contribution in [0.1, 0.15) is 44.7 Å². The number of hydrogen-bond donors (Lipinski definition) is 2. The molecule has 132 valence electrons. The quantitative estimate of drug-likeness (QED) is 0.588. The minimum Gasteiger partial charge on any atom is -0.354 e. The zero-order valence-electron chi connectivity index (χ0n) is 15.3. The molecule has 0 fully saturated rings. The Balaban J connectivity index is 2.14. The summed E-state index contributed by atoms with van der Waals surface area (Å²) in [5, 5.41) is 1.27. The van der Waals surface area contributed by atoms with Gasteiger partial charge in [0.2, 0.25) is 0 Å². The van der Waals surface area contributed by atoms with Crippen molar-refractivity contribution in [3.05, 3.63) is 59.4 Å². The fourth-order valence-corrected chi connectivity index (χ4v) is 3.28. The number of nitrogens with one attached hydrogen (secondary N) is 1. The van der Waals surface area contributed by atoms with Gasteiger partial charge in [0.15, 0.2) is 0 Å². The second-order valence-electron chi connectivity index (χ2n) is 7.74. The molecular weight excluding hydrogens is 311 g/mol. The van der Waals surface area contributed by atoms with Crippen LogP contribution >= 0.6 is 0 Å². The van der Waals surface area contributed by atoms with Crippen LogP contribution in [0.5, 0.6) is 0 Å². The molecule has 0 saturated carbocycles. The van der Waals surface area contributed by atoms with Gasteiger partial charge in [-0.05, 0) is 84.3 Å².